The Labute approximate surface area is 177 Å². The Hall–Kier alpha value is -2.47. The molecule has 0 unspecified atom stereocenters. The van der Waals surface area contributed by atoms with Gasteiger partial charge in [0, 0.05) is 18.3 Å². The SMILES string of the molecule is COc1ccc(CSCC(=O)N(Cc2ccccc2)[C@H](C)C(=O)NC(C)C)cc1. The zero-order valence-electron chi connectivity index (χ0n) is 17.6. The highest BCUT2D eigenvalue weighted by Crippen LogP contribution is 2.18. The molecule has 0 heterocycles. The quantitative estimate of drug-likeness (QED) is 0.641. The number of nitrogens with one attached hydrogen (secondary N) is 1. The van der Waals surface area contributed by atoms with Crippen LogP contribution in [0.5, 0.6) is 5.75 Å². The summed E-state index contributed by atoms with van der Waals surface area (Å²) in [5.41, 5.74) is 2.13. The number of benzene rings is 2. The van der Waals surface area contributed by atoms with Crippen LogP contribution in [-0.4, -0.2) is 41.7 Å². The van der Waals surface area contributed by atoms with Gasteiger partial charge in [0.25, 0.3) is 0 Å². The van der Waals surface area contributed by atoms with Crippen LogP contribution < -0.4 is 10.1 Å². The highest BCUT2D eigenvalue weighted by atomic mass is 32.2. The van der Waals surface area contributed by atoms with Crippen LogP contribution in [0.3, 0.4) is 0 Å². The summed E-state index contributed by atoms with van der Waals surface area (Å²) in [4.78, 5) is 27.2. The maximum absolute atomic E-state index is 13.0. The molecule has 2 amide bonds. The van der Waals surface area contributed by atoms with Crippen molar-refractivity contribution in [2.75, 3.05) is 12.9 Å². The first-order valence-electron chi connectivity index (χ1n) is 9.75. The van der Waals surface area contributed by atoms with E-state index in [1.807, 2.05) is 68.4 Å². The van der Waals surface area contributed by atoms with Gasteiger partial charge in [0.15, 0.2) is 0 Å². The molecule has 0 radical (unpaired) electrons. The molecular formula is C23H30N2O3S. The third kappa shape index (κ3) is 7.46. The van der Waals surface area contributed by atoms with Gasteiger partial charge in [-0.3, -0.25) is 9.59 Å². The molecule has 0 aliphatic carbocycles. The van der Waals surface area contributed by atoms with Crippen LogP contribution in [-0.2, 0) is 21.9 Å². The van der Waals surface area contributed by atoms with E-state index in [1.165, 1.54) is 0 Å². The molecule has 2 aromatic rings. The van der Waals surface area contributed by atoms with Gasteiger partial charge in [-0.2, -0.15) is 0 Å². The topological polar surface area (TPSA) is 58.6 Å². The molecule has 156 valence electrons. The van der Waals surface area contributed by atoms with Gasteiger partial charge in [-0.1, -0.05) is 42.5 Å². The third-order valence-electron chi connectivity index (χ3n) is 4.45. The van der Waals surface area contributed by atoms with E-state index >= 15 is 0 Å². The molecule has 5 nitrogen and oxygen atoms in total. The van der Waals surface area contributed by atoms with Gasteiger partial charge in [-0.25, -0.2) is 0 Å². The van der Waals surface area contributed by atoms with Crippen molar-refractivity contribution >= 4 is 23.6 Å². The van der Waals surface area contributed by atoms with Crippen LogP contribution in [0.15, 0.2) is 54.6 Å². The highest BCUT2D eigenvalue weighted by Gasteiger charge is 2.26. The largest absolute Gasteiger partial charge is 0.497 e. The highest BCUT2D eigenvalue weighted by molar-refractivity contribution is 7.99. The average molecular weight is 415 g/mol. The van der Waals surface area contributed by atoms with Crippen molar-refractivity contribution < 1.29 is 14.3 Å². The smallest absolute Gasteiger partial charge is 0.242 e. The van der Waals surface area contributed by atoms with E-state index in [2.05, 4.69) is 5.32 Å². The van der Waals surface area contributed by atoms with Gasteiger partial charge in [-0.15, -0.1) is 11.8 Å². The second-order valence-corrected chi connectivity index (χ2v) is 8.17. The number of ether oxygens (including phenoxy) is 1. The summed E-state index contributed by atoms with van der Waals surface area (Å²) in [7, 11) is 1.64. The monoisotopic (exact) mass is 414 g/mol. The van der Waals surface area contributed by atoms with E-state index in [-0.39, 0.29) is 17.9 Å². The summed E-state index contributed by atoms with van der Waals surface area (Å²) >= 11 is 1.55. The lowest BCUT2D eigenvalue weighted by Crippen LogP contribution is -2.49. The van der Waals surface area contributed by atoms with Crippen molar-refractivity contribution in [3.63, 3.8) is 0 Å². The van der Waals surface area contributed by atoms with Crippen LogP contribution in [0, 0.1) is 0 Å². The molecule has 6 heteroatoms. The van der Waals surface area contributed by atoms with Crippen molar-refractivity contribution in [3.05, 3.63) is 65.7 Å². The maximum Gasteiger partial charge on any atom is 0.242 e. The molecule has 0 saturated carbocycles. The molecule has 0 aromatic heterocycles. The summed E-state index contributed by atoms with van der Waals surface area (Å²) in [6, 6.07) is 17.1. The Morgan fingerprint density at radius 1 is 1.00 bits per heavy atom. The minimum atomic E-state index is -0.535. The summed E-state index contributed by atoms with van der Waals surface area (Å²) in [6.45, 7) is 6.03. The molecule has 0 saturated heterocycles. The standard InChI is InChI=1S/C23H30N2O3S/c1-17(2)24-23(27)18(3)25(14-19-8-6-5-7-9-19)22(26)16-29-15-20-10-12-21(28-4)13-11-20/h5-13,17-18H,14-16H2,1-4H3,(H,24,27)/t18-/m1/s1. The number of carbonyl (C=O) groups excluding carboxylic acids is 2. The van der Waals surface area contributed by atoms with Gasteiger partial charge < -0.3 is 15.0 Å². The van der Waals surface area contributed by atoms with Crippen LogP contribution >= 0.6 is 11.8 Å². The molecule has 1 N–H and O–H groups in total. The van der Waals surface area contributed by atoms with Crippen molar-refractivity contribution in [1.29, 1.82) is 0 Å². The van der Waals surface area contributed by atoms with E-state index in [0.717, 1.165) is 22.6 Å². The molecule has 2 aromatic carbocycles. The zero-order chi connectivity index (χ0) is 21.2. The molecule has 2 rings (SSSR count). The van der Waals surface area contributed by atoms with Crippen molar-refractivity contribution in [1.82, 2.24) is 10.2 Å². The Balaban J connectivity index is 2.01. The molecule has 0 spiro atoms. The summed E-state index contributed by atoms with van der Waals surface area (Å²) < 4.78 is 5.17. The van der Waals surface area contributed by atoms with E-state index < -0.39 is 6.04 Å². The number of hydrogen-bond acceptors (Lipinski definition) is 4. The Kier molecular flexibility index (Phi) is 9.06. The number of hydrogen-bond donors (Lipinski definition) is 1. The van der Waals surface area contributed by atoms with Crippen LogP contribution in [0.2, 0.25) is 0 Å². The Morgan fingerprint density at radius 2 is 1.66 bits per heavy atom. The molecule has 1 atom stereocenters. The molecule has 0 fully saturated rings. The fourth-order valence-electron chi connectivity index (χ4n) is 2.83. The van der Waals surface area contributed by atoms with E-state index in [0.29, 0.717) is 12.3 Å². The van der Waals surface area contributed by atoms with E-state index in [9.17, 15) is 9.59 Å². The minimum absolute atomic E-state index is 0.0306. The van der Waals surface area contributed by atoms with Gasteiger partial charge in [0.2, 0.25) is 11.8 Å². The minimum Gasteiger partial charge on any atom is -0.497 e. The molecule has 0 bridgehead atoms. The lowest BCUT2D eigenvalue weighted by Gasteiger charge is -2.29. The van der Waals surface area contributed by atoms with Gasteiger partial charge in [0.05, 0.1) is 12.9 Å². The van der Waals surface area contributed by atoms with Gasteiger partial charge in [-0.05, 0) is 44.0 Å². The third-order valence-corrected chi connectivity index (χ3v) is 5.44. The van der Waals surface area contributed by atoms with Crippen molar-refractivity contribution in [2.45, 2.75) is 45.2 Å². The average Bonchev–Trinajstić information content (AvgIpc) is 2.72. The van der Waals surface area contributed by atoms with Crippen LogP contribution in [0.25, 0.3) is 0 Å². The molecule has 29 heavy (non-hydrogen) atoms. The predicted molar refractivity (Wildman–Crippen MR) is 119 cm³/mol. The van der Waals surface area contributed by atoms with Crippen molar-refractivity contribution in [3.8, 4) is 5.75 Å². The van der Waals surface area contributed by atoms with E-state index in [1.54, 1.807) is 30.7 Å². The summed E-state index contributed by atoms with van der Waals surface area (Å²) in [5, 5.41) is 2.90. The van der Waals surface area contributed by atoms with Crippen LogP contribution in [0.1, 0.15) is 31.9 Å². The second-order valence-electron chi connectivity index (χ2n) is 7.19. The number of thioether (sulfide) groups is 1. The lowest BCUT2D eigenvalue weighted by molar-refractivity contribution is -0.138. The normalized spacial score (nSPS) is 11.8. The summed E-state index contributed by atoms with van der Waals surface area (Å²) in [6.07, 6.45) is 0. The Bertz CT molecular complexity index is 778. The fraction of sp³-hybridized carbons (Fsp3) is 0.391. The van der Waals surface area contributed by atoms with Gasteiger partial charge >= 0.3 is 0 Å². The lowest BCUT2D eigenvalue weighted by atomic mass is 10.1. The van der Waals surface area contributed by atoms with Crippen molar-refractivity contribution in [2.24, 2.45) is 0 Å². The second kappa shape index (κ2) is 11.5. The molecule has 0 aliphatic heterocycles. The molecular weight excluding hydrogens is 384 g/mol. The number of rotatable bonds is 10. The maximum atomic E-state index is 13.0. The predicted octanol–water partition coefficient (Wildman–Crippen LogP) is 3.87. The fourth-order valence-corrected chi connectivity index (χ4v) is 3.70. The number of amides is 2. The first kappa shape index (κ1) is 22.8. The number of nitrogens with zero attached hydrogens (tertiary/aromatic N) is 1. The zero-order valence-corrected chi connectivity index (χ0v) is 18.4. The number of carbonyl (C=O) groups is 2. The first-order valence-corrected chi connectivity index (χ1v) is 10.9. The Morgan fingerprint density at radius 3 is 2.24 bits per heavy atom. The van der Waals surface area contributed by atoms with Crippen LogP contribution in [0.4, 0.5) is 0 Å². The van der Waals surface area contributed by atoms with E-state index in [4.69, 9.17) is 4.74 Å². The first-order chi connectivity index (χ1) is 13.9. The van der Waals surface area contributed by atoms with Gasteiger partial charge in [0.1, 0.15) is 11.8 Å². The molecule has 0 aliphatic rings. The summed E-state index contributed by atoms with van der Waals surface area (Å²) in [5.74, 6) is 1.68. The number of methoxy groups -OCH3 is 1.